The lowest BCUT2D eigenvalue weighted by Crippen LogP contribution is -2.54. The van der Waals surface area contributed by atoms with Crippen molar-refractivity contribution in [1.82, 2.24) is 10.2 Å². The van der Waals surface area contributed by atoms with Crippen LogP contribution in [0.1, 0.15) is 32.3 Å². The summed E-state index contributed by atoms with van der Waals surface area (Å²) in [5.41, 5.74) is 0.301. The largest absolute Gasteiger partial charge is 0.369 e. The van der Waals surface area contributed by atoms with Gasteiger partial charge in [-0.05, 0) is 30.9 Å². The first-order valence-electron chi connectivity index (χ1n) is 10.5. The van der Waals surface area contributed by atoms with Crippen molar-refractivity contribution in [2.24, 2.45) is 5.92 Å². The van der Waals surface area contributed by atoms with Crippen molar-refractivity contribution in [2.75, 3.05) is 39.3 Å². The molecule has 1 saturated heterocycles. The molecule has 1 fully saturated rings. The van der Waals surface area contributed by atoms with Crippen LogP contribution >= 0.6 is 0 Å². The molecule has 0 aromatic heterocycles. The number of anilines is 1. The Kier molecular flexibility index (Phi) is 9.06. The first-order chi connectivity index (χ1) is 15.6. The molecule has 1 aromatic rings. The maximum absolute atomic E-state index is 13.0. The molecule has 0 spiro atoms. The van der Waals surface area contributed by atoms with E-state index in [4.69, 9.17) is 9.47 Å². The maximum Gasteiger partial charge on any atom is 0.331 e. The lowest BCUT2D eigenvalue weighted by atomic mass is 10.0. The molecule has 0 unspecified atom stereocenters. The van der Waals surface area contributed by atoms with Gasteiger partial charge in [-0.3, -0.25) is 29.9 Å². The highest BCUT2D eigenvalue weighted by Crippen LogP contribution is 2.28. The summed E-state index contributed by atoms with van der Waals surface area (Å²) in [6.45, 7) is 4.51. The molecule has 33 heavy (non-hydrogen) atoms. The van der Waals surface area contributed by atoms with Crippen LogP contribution in [0, 0.1) is 16.0 Å². The third-order valence-corrected chi connectivity index (χ3v) is 5.23. The monoisotopic (exact) mass is 462 g/mol. The number of benzene rings is 1. The van der Waals surface area contributed by atoms with Gasteiger partial charge in [0.15, 0.2) is 6.29 Å². The van der Waals surface area contributed by atoms with Crippen molar-refractivity contribution in [3.05, 3.63) is 39.4 Å². The van der Waals surface area contributed by atoms with Gasteiger partial charge in [0.1, 0.15) is 5.57 Å². The number of nitro groups is 1. The Morgan fingerprint density at radius 1 is 1.21 bits per heavy atom. The number of rotatable bonds is 11. The highest BCUT2D eigenvalue weighted by atomic mass is 16.7. The smallest absolute Gasteiger partial charge is 0.331 e. The second-order valence-electron chi connectivity index (χ2n) is 8.09. The van der Waals surface area contributed by atoms with E-state index in [9.17, 15) is 24.5 Å². The molecule has 0 radical (unpaired) electrons. The molecule has 0 atom stereocenters. The lowest BCUT2D eigenvalue weighted by molar-refractivity contribution is -0.384. The van der Waals surface area contributed by atoms with Gasteiger partial charge in [-0.1, -0.05) is 13.8 Å². The van der Waals surface area contributed by atoms with Crippen LogP contribution in [0.5, 0.6) is 0 Å². The van der Waals surface area contributed by atoms with Gasteiger partial charge in [0.05, 0.1) is 11.5 Å². The van der Waals surface area contributed by atoms with Gasteiger partial charge in [0.2, 0.25) is 0 Å². The fourth-order valence-electron chi connectivity index (χ4n) is 3.40. The first-order valence-corrected chi connectivity index (χ1v) is 10.5. The van der Waals surface area contributed by atoms with Gasteiger partial charge >= 0.3 is 6.03 Å². The molecular formula is C22H30N4O7. The second-order valence-corrected chi connectivity index (χ2v) is 8.09. The van der Waals surface area contributed by atoms with Crippen molar-refractivity contribution in [3.8, 4) is 0 Å². The van der Waals surface area contributed by atoms with E-state index < -0.39 is 29.1 Å². The summed E-state index contributed by atoms with van der Waals surface area (Å²) in [6, 6.07) is 3.34. The van der Waals surface area contributed by atoms with Gasteiger partial charge in [0, 0.05) is 51.2 Å². The van der Waals surface area contributed by atoms with E-state index in [0.29, 0.717) is 18.0 Å². The number of urea groups is 1. The molecule has 2 rings (SSSR count). The topological polar surface area (TPSA) is 131 Å². The maximum atomic E-state index is 13.0. The predicted molar refractivity (Wildman–Crippen MR) is 121 cm³/mol. The molecule has 1 aliphatic heterocycles. The number of methoxy groups -OCH3 is 2. The number of carbonyl (C=O) groups is 3. The van der Waals surface area contributed by atoms with Crippen LogP contribution < -0.4 is 10.2 Å². The van der Waals surface area contributed by atoms with Crippen LogP contribution in [0.25, 0.3) is 6.08 Å². The van der Waals surface area contributed by atoms with Gasteiger partial charge in [-0.25, -0.2) is 4.79 Å². The summed E-state index contributed by atoms with van der Waals surface area (Å²) >= 11 is 0. The summed E-state index contributed by atoms with van der Waals surface area (Å²) in [5.74, 6) is -1.19. The number of hydrogen-bond donors (Lipinski definition) is 1. The van der Waals surface area contributed by atoms with E-state index >= 15 is 0 Å². The van der Waals surface area contributed by atoms with E-state index in [1.165, 1.54) is 38.5 Å². The zero-order chi connectivity index (χ0) is 24.7. The van der Waals surface area contributed by atoms with E-state index in [-0.39, 0.29) is 29.9 Å². The third-order valence-electron chi connectivity index (χ3n) is 5.23. The number of imide groups is 2. The van der Waals surface area contributed by atoms with Crippen LogP contribution in [0.3, 0.4) is 0 Å². The van der Waals surface area contributed by atoms with Crippen LogP contribution in [0.15, 0.2) is 23.8 Å². The number of carbonyl (C=O) groups excluding carboxylic acids is 3. The van der Waals surface area contributed by atoms with Gasteiger partial charge < -0.3 is 14.4 Å². The Labute approximate surface area is 192 Å². The molecule has 1 aliphatic rings. The Bertz CT molecular complexity index is 941. The zero-order valence-corrected chi connectivity index (χ0v) is 19.5. The normalized spacial score (nSPS) is 15.5. The summed E-state index contributed by atoms with van der Waals surface area (Å²) in [6.07, 6.45) is 2.11. The zero-order valence-electron chi connectivity index (χ0n) is 19.5. The van der Waals surface area contributed by atoms with Crippen LogP contribution in [-0.2, 0) is 19.1 Å². The quantitative estimate of drug-likeness (QED) is 0.174. The average molecular weight is 463 g/mol. The molecule has 180 valence electrons. The van der Waals surface area contributed by atoms with Gasteiger partial charge in [-0.15, -0.1) is 0 Å². The summed E-state index contributed by atoms with van der Waals surface area (Å²) in [7, 11) is 4.69. The molecule has 0 bridgehead atoms. The standard InChI is InChI=1S/C22H30N4O7/c1-14(2)7-6-10-25-21(28)17(20(27)23-22(25)29)12-15-11-16(26(30)31)8-9-18(15)24(3)13-19(32-4)33-5/h8-9,11-12,14,19H,6-7,10,13H2,1-5H3,(H,23,27,29). The van der Waals surface area contributed by atoms with Crippen LogP contribution in [0.4, 0.5) is 16.2 Å². The number of nitrogens with zero attached hydrogens (tertiary/aromatic N) is 3. The summed E-state index contributed by atoms with van der Waals surface area (Å²) in [5, 5.41) is 13.5. The van der Waals surface area contributed by atoms with E-state index in [2.05, 4.69) is 5.32 Å². The number of non-ortho nitro benzene ring substituents is 1. The van der Waals surface area contributed by atoms with Crippen LogP contribution in [0.2, 0.25) is 0 Å². The number of nitro benzene ring substituents is 1. The molecule has 0 aliphatic carbocycles. The second kappa shape index (κ2) is 11.5. The SMILES string of the molecule is COC(CN(C)c1ccc([N+](=O)[O-])cc1C=C1C(=O)NC(=O)N(CCCC(C)C)C1=O)OC. The lowest BCUT2D eigenvalue weighted by Gasteiger charge is -2.28. The third kappa shape index (κ3) is 6.59. The van der Waals surface area contributed by atoms with Crippen molar-refractivity contribution < 1.29 is 28.8 Å². The number of hydrogen-bond acceptors (Lipinski definition) is 8. The molecule has 1 N–H and O–H groups in total. The number of ether oxygens (including phenoxy) is 2. The van der Waals surface area contributed by atoms with Crippen molar-refractivity contribution in [1.29, 1.82) is 0 Å². The molecule has 11 heteroatoms. The molecule has 4 amide bonds. The molecule has 0 saturated carbocycles. The van der Waals surface area contributed by atoms with E-state index in [1.807, 2.05) is 13.8 Å². The van der Waals surface area contributed by atoms with Gasteiger partial charge in [0.25, 0.3) is 17.5 Å². The van der Waals surface area contributed by atoms with E-state index in [0.717, 1.165) is 11.3 Å². The minimum atomic E-state index is -0.850. The summed E-state index contributed by atoms with van der Waals surface area (Å²) < 4.78 is 10.4. The highest BCUT2D eigenvalue weighted by Gasteiger charge is 2.35. The Morgan fingerprint density at radius 2 is 1.88 bits per heavy atom. The van der Waals surface area contributed by atoms with Crippen LogP contribution in [-0.4, -0.2) is 68.3 Å². The minimum absolute atomic E-state index is 0.165. The van der Waals surface area contributed by atoms with Crippen molar-refractivity contribution in [2.45, 2.75) is 33.0 Å². The number of likely N-dealkylation sites (N-methyl/N-ethyl adjacent to an activating group) is 1. The van der Waals surface area contributed by atoms with Gasteiger partial charge in [-0.2, -0.15) is 0 Å². The predicted octanol–water partition coefficient (Wildman–Crippen LogP) is 2.55. The molecule has 1 heterocycles. The van der Waals surface area contributed by atoms with Crippen molar-refractivity contribution in [3.63, 3.8) is 0 Å². The Hall–Kier alpha value is -3.31. The highest BCUT2D eigenvalue weighted by molar-refractivity contribution is 6.31. The fraction of sp³-hybridized carbons (Fsp3) is 0.500. The average Bonchev–Trinajstić information content (AvgIpc) is 2.76. The minimum Gasteiger partial charge on any atom is -0.369 e. The first kappa shape index (κ1) is 25.9. The Balaban J connectivity index is 2.45. The number of amides is 4. The van der Waals surface area contributed by atoms with E-state index in [1.54, 1.807) is 11.9 Å². The number of nitrogens with one attached hydrogen (secondary N) is 1. The summed E-state index contributed by atoms with van der Waals surface area (Å²) in [4.78, 5) is 51.2. The molecule has 11 nitrogen and oxygen atoms in total. The molecular weight excluding hydrogens is 432 g/mol. The number of barbiturate groups is 1. The Morgan fingerprint density at radius 3 is 2.45 bits per heavy atom. The molecule has 1 aromatic carbocycles. The fourth-order valence-corrected chi connectivity index (χ4v) is 3.40. The van der Waals surface area contributed by atoms with Crippen molar-refractivity contribution >= 4 is 35.3 Å².